The second-order valence-electron chi connectivity index (χ2n) is 6.71. The van der Waals surface area contributed by atoms with Crippen molar-refractivity contribution in [1.82, 2.24) is 10.2 Å². The lowest BCUT2D eigenvalue weighted by atomic mass is 9.98. The molecule has 0 aromatic heterocycles. The molecule has 7 heteroatoms. The van der Waals surface area contributed by atoms with Gasteiger partial charge in [-0.15, -0.1) is 0 Å². The topological polar surface area (TPSA) is 98.7 Å². The minimum atomic E-state index is -0.900. The fourth-order valence-corrected chi connectivity index (χ4v) is 2.62. The fourth-order valence-electron chi connectivity index (χ4n) is 2.62. The number of nitrogens with one attached hydrogen (secondary N) is 2. The summed E-state index contributed by atoms with van der Waals surface area (Å²) in [4.78, 5) is 36.6. The number of rotatable bonds is 5. The summed E-state index contributed by atoms with van der Waals surface area (Å²) in [7, 11) is 1.75. The van der Waals surface area contributed by atoms with Crippen LogP contribution in [0, 0.1) is 0 Å². The summed E-state index contributed by atoms with van der Waals surface area (Å²) in [5, 5.41) is 14.2. The number of benzene rings is 1. The Kier molecular flexibility index (Phi) is 5.11. The van der Waals surface area contributed by atoms with E-state index in [1.165, 1.54) is 0 Å². The molecule has 0 atom stereocenters. The SMILES string of the molecule is CN1CCc2ccc(NC(=O)NC(C)(C)CCC(=O)O)cc2C1=O. The monoisotopic (exact) mass is 333 g/mol. The maximum Gasteiger partial charge on any atom is 0.319 e. The van der Waals surface area contributed by atoms with Crippen molar-refractivity contribution in [2.45, 2.75) is 38.6 Å². The summed E-state index contributed by atoms with van der Waals surface area (Å²) < 4.78 is 0. The highest BCUT2D eigenvalue weighted by Gasteiger charge is 2.23. The van der Waals surface area contributed by atoms with Gasteiger partial charge in [-0.2, -0.15) is 0 Å². The Morgan fingerprint density at radius 1 is 1.33 bits per heavy atom. The molecule has 1 heterocycles. The van der Waals surface area contributed by atoms with Gasteiger partial charge >= 0.3 is 12.0 Å². The number of fused-ring (bicyclic) bond motifs is 1. The Morgan fingerprint density at radius 3 is 2.71 bits per heavy atom. The van der Waals surface area contributed by atoms with E-state index < -0.39 is 17.5 Å². The van der Waals surface area contributed by atoms with Gasteiger partial charge in [-0.1, -0.05) is 6.07 Å². The number of anilines is 1. The van der Waals surface area contributed by atoms with Crippen LogP contribution in [-0.2, 0) is 11.2 Å². The number of carboxylic acid groups (broad SMARTS) is 1. The molecule has 1 aliphatic rings. The van der Waals surface area contributed by atoms with Crippen LogP contribution in [0.3, 0.4) is 0 Å². The van der Waals surface area contributed by atoms with Crippen molar-refractivity contribution in [1.29, 1.82) is 0 Å². The average Bonchev–Trinajstić information content (AvgIpc) is 2.49. The molecule has 3 amide bonds. The van der Waals surface area contributed by atoms with Crippen LogP contribution in [-0.4, -0.2) is 47.0 Å². The fraction of sp³-hybridized carbons (Fsp3) is 0.471. The molecular formula is C17H23N3O4. The first-order chi connectivity index (χ1) is 11.2. The Hall–Kier alpha value is -2.57. The molecule has 0 saturated carbocycles. The van der Waals surface area contributed by atoms with Crippen molar-refractivity contribution in [2.24, 2.45) is 0 Å². The third-order valence-corrected chi connectivity index (χ3v) is 4.08. The van der Waals surface area contributed by atoms with Crippen molar-refractivity contribution in [3.8, 4) is 0 Å². The summed E-state index contributed by atoms with van der Waals surface area (Å²) >= 11 is 0. The highest BCUT2D eigenvalue weighted by Crippen LogP contribution is 2.22. The van der Waals surface area contributed by atoms with Crippen molar-refractivity contribution in [2.75, 3.05) is 18.9 Å². The zero-order valence-corrected chi connectivity index (χ0v) is 14.2. The number of amides is 3. The van der Waals surface area contributed by atoms with E-state index in [0.717, 1.165) is 12.0 Å². The van der Waals surface area contributed by atoms with E-state index in [0.29, 0.717) is 24.2 Å². The number of carbonyl (C=O) groups is 3. The minimum absolute atomic E-state index is 0.0209. The predicted molar refractivity (Wildman–Crippen MR) is 90.2 cm³/mol. The quantitative estimate of drug-likeness (QED) is 0.768. The molecule has 0 bridgehead atoms. The van der Waals surface area contributed by atoms with Gasteiger partial charge in [-0.25, -0.2) is 4.79 Å². The summed E-state index contributed by atoms with van der Waals surface area (Å²) in [6.45, 7) is 4.22. The van der Waals surface area contributed by atoms with E-state index in [-0.39, 0.29) is 12.3 Å². The van der Waals surface area contributed by atoms with E-state index in [9.17, 15) is 14.4 Å². The zero-order chi connectivity index (χ0) is 17.9. The van der Waals surface area contributed by atoms with Crippen LogP contribution in [0.25, 0.3) is 0 Å². The lowest BCUT2D eigenvalue weighted by Crippen LogP contribution is -2.45. The van der Waals surface area contributed by atoms with Gasteiger partial charge in [0.25, 0.3) is 5.91 Å². The van der Waals surface area contributed by atoms with Crippen molar-refractivity contribution < 1.29 is 19.5 Å². The lowest BCUT2D eigenvalue weighted by molar-refractivity contribution is -0.137. The third kappa shape index (κ3) is 4.47. The van der Waals surface area contributed by atoms with Crippen LogP contribution >= 0.6 is 0 Å². The molecule has 7 nitrogen and oxygen atoms in total. The number of carboxylic acids is 1. The summed E-state index contributed by atoms with van der Waals surface area (Å²) in [5.41, 5.74) is 1.47. The van der Waals surface area contributed by atoms with Crippen molar-refractivity contribution in [3.63, 3.8) is 0 Å². The second-order valence-corrected chi connectivity index (χ2v) is 6.71. The molecule has 0 unspecified atom stereocenters. The molecule has 2 rings (SSSR count). The molecule has 1 aliphatic heterocycles. The molecule has 24 heavy (non-hydrogen) atoms. The standard InChI is InChI=1S/C17H23N3O4/c1-17(2,8-6-14(21)22)19-16(24)18-12-5-4-11-7-9-20(3)15(23)13(11)10-12/h4-5,10H,6-9H2,1-3H3,(H,21,22)(H2,18,19,24). The highest BCUT2D eigenvalue weighted by atomic mass is 16.4. The first-order valence-corrected chi connectivity index (χ1v) is 7.87. The Morgan fingerprint density at radius 2 is 2.04 bits per heavy atom. The molecule has 1 aromatic carbocycles. The van der Waals surface area contributed by atoms with Crippen LogP contribution in [0.4, 0.5) is 10.5 Å². The van der Waals surface area contributed by atoms with E-state index in [1.54, 1.807) is 37.9 Å². The van der Waals surface area contributed by atoms with E-state index in [1.807, 2.05) is 6.07 Å². The lowest BCUT2D eigenvalue weighted by Gasteiger charge is -2.27. The first-order valence-electron chi connectivity index (χ1n) is 7.87. The maximum atomic E-state index is 12.2. The minimum Gasteiger partial charge on any atom is -0.481 e. The Labute approximate surface area is 141 Å². The zero-order valence-electron chi connectivity index (χ0n) is 14.2. The maximum absolute atomic E-state index is 12.2. The number of hydrogen-bond donors (Lipinski definition) is 3. The van der Waals surface area contributed by atoms with Gasteiger partial charge in [0.15, 0.2) is 0 Å². The van der Waals surface area contributed by atoms with Crippen LogP contribution in [0.2, 0.25) is 0 Å². The van der Waals surface area contributed by atoms with Gasteiger partial charge in [0.1, 0.15) is 0 Å². The second kappa shape index (κ2) is 6.90. The van der Waals surface area contributed by atoms with Crippen LogP contribution in [0.15, 0.2) is 18.2 Å². The van der Waals surface area contributed by atoms with Crippen LogP contribution in [0.5, 0.6) is 0 Å². The van der Waals surface area contributed by atoms with Crippen molar-refractivity contribution >= 4 is 23.6 Å². The molecule has 0 saturated heterocycles. The molecule has 0 spiro atoms. The van der Waals surface area contributed by atoms with Crippen molar-refractivity contribution in [3.05, 3.63) is 29.3 Å². The summed E-state index contributed by atoms with van der Waals surface area (Å²) in [5.74, 6) is -0.954. The average molecular weight is 333 g/mol. The number of aliphatic carboxylic acids is 1. The largest absolute Gasteiger partial charge is 0.481 e. The normalized spacial score (nSPS) is 14.1. The number of hydrogen-bond acceptors (Lipinski definition) is 3. The number of nitrogens with zero attached hydrogens (tertiary/aromatic N) is 1. The number of carbonyl (C=O) groups excluding carboxylic acids is 2. The smallest absolute Gasteiger partial charge is 0.319 e. The van der Waals surface area contributed by atoms with Gasteiger partial charge < -0.3 is 20.6 Å². The molecule has 130 valence electrons. The van der Waals surface area contributed by atoms with Gasteiger partial charge in [-0.05, 0) is 44.4 Å². The molecule has 3 N–H and O–H groups in total. The van der Waals surface area contributed by atoms with E-state index in [2.05, 4.69) is 10.6 Å². The van der Waals surface area contributed by atoms with Gasteiger partial charge in [0.05, 0.1) is 0 Å². The predicted octanol–water partition coefficient (Wildman–Crippen LogP) is 2.08. The van der Waals surface area contributed by atoms with Crippen LogP contribution in [0.1, 0.15) is 42.6 Å². The number of likely N-dealkylation sites (N-methyl/N-ethyl adjacent to an activating group) is 1. The van der Waals surface area contributed by atoms with E-state index >= 15 is 0 Å². The molecule has 0 fully saturated rings. The molecular weight excluding hydrogens is 310 g/mol. The van der Waals surface area contributed by atoms with Crippen LogP contribution < -0.4 is 10.6 Å². The summed E-state index contributed by atoms with van der Waals surface area (Å²) in [6.07, 6.45) is 1.10. The van der Waals surface area contributed by atoms with E-state index in [4.69, 9.17) is 5.11 Å². The van der Waals surface area contributed by atoms with Gasteiger partial charge in [0, 0.05) is 36.8 Å². The molecule has 0 radical (unpaired) electrons. The highest BCUT2D eigenvalue weighted by molar-refractivity contribution is 5.99. The third-order valence-electron chi connectivity index (χ3n) is 4.08. The Bertz CT molecular complexity index is 670. The van der Waals surface area contributed by atoms with Gasteiger partial charge in [0.2, 0.25) is 0 Å². The first kappa shape index (κ1) is 17.8. The molecule has 1 aromatic rings. The number of urea groups is 1. The molecule has 0 aliphatic carbocycles. The van der Waals surface area contributed by atoms with Gasteiger partial charge in [-0.3, -0.25) is 9.59 Å². The summed E-state index contributed by atoms with van der Waals surface area (Å²) in [6, 6.07) is 4.87. The Balaban J connectivity index is 2.02.